The smallest absolute Gasteiger partial charge is 0.252 e. The van der Waals surface area contributed by atoms with Gasteiger partial charge in [0.15, 0.2) is 5.78 Å². The number of ketones is 1. The first-order valence-corrected chi connectivity index (χ1v) is 11.3. The van der Waals surface area contributed by atoms with E-state index in [4.69, 9.17) is 9.47 Å². The zero-order chi connectivity index (χ0) is 24.3. The maximum atomic E-state index is 13.1. The number of benzene rings is 2. The van der Waals surface area contributed by atoms with Gasteiger partial charge in [-0.3, -0.25) is 9.59 Å². The van der Waals surface area contributed by atoms with Crippen molar-refractivity contribution in [2.45, 2.75) is 32.4 Å². The summed E-state index contributed by atoms with van der Waals surface area (Å²) in [6.45, 7) is 2.59. The molecule has 0 saturated heterocycles. The minimum absolute atomic E-state index is 0.100. The number of rotatable bonds is 12. The van der Waals surface area contributed by atoms with E-state index in [9.17, 15) is 9.59 Å². The molecule has 2 N–H and O–H groups in total. The number of hydrogen-bond acceptors (Lipinski definition) is 6. The van der Waals surface area contributed by atoms with E-state index < -0.39 is 6.04 Å². The Morgan fingerprint density at radius 1 is 0.941 bits per heavy atom. The first-order chi connectivity index (χ1) is 16.5. The second-order valence-electron chi connectivity index (χ2n) is 7.88. The Hall–Kier alpha value is -3.71. The molecule has 178 valence electrons. The quantitative estimate of drug-likeness (QED) is 0.430. The van der Waals surface area contributed by atoms with Gasteiger partial charge in [-0.05, 0) is 42.2 Å². The standard InChI is InChI=1S/C27H31N3O4/c1-4-22-15-21(16-26(29-22)34-3)27(32)30-24(14-19-9-6-5-7-10-19)25(31)18-28-17-20-11-8-12-23(13-20)33-2/h5-13,15-16,24,28H,4,14,17-18H2,1-3H3,(H,30,32)/t24-/m0/s1. The number of nitrogens with zero attached hydrogens (tertiary/aromatic N) is 1. The van der Waals surface area contributed by atoms with Gasteiger partial charge in [-0.15, -0.1) is 0 Å². The van der Waals surface area contributed by atoms with Crippen LogP contribution in [0.4, 0.5) is 0 Å². The first kappa shape index (κ1) is 24.9. The summed E-state index contributed by atoms with van der Waals surface area (Å²) in [6, 6.07) is 19.9. The molecule has 7 heteroatoms. The number of carbonyl (C=O) groups excluding carboxylic acids is 2. The van der Waals surface area contributed by atoms with E-state index in [1.54, 1.807) is 19.2 Å². The lowest BCUT2D eigenvalue weighted by Crippen LogP contribution is -2.45. The van der Waals surface area contributed by atoms with Crippen molar-refractivity contribution < 1.29 is 19.1 Å². The Kier molecular flexibility index (Phi) is 9.17. The highest BCUT2D eigenvalue weighted by Crippen LogP contribution is 2.15. The van der Waals surface area contributed by atoms with E-state index in [0.29, 0.717) is 30.8 Å². The van der Waals surface area contributed by atoms with Gasteiger partial charge in [-0.25, -0.2) is 4.98 Å². The molecule has 0 fully saturated rings. The van der Waals surface area contributed by atoms with Crippen LogP contribution in [-0.4, -0.2) is 43.5 Å². The van der Waals surface area contributed by atoms with Crippen LogP contribution in [0.2, 0.25) is 0 Å². The minimum Gasteiger partial charge on any atom is -0.497 e. The van der Waals surface area contributed by atoms with E-state index in [2.05, 4.69) is 15.6 Å². The third-order valence-corrected chi connectivity index (χ3v) is 5.43. The number of pyridine rings is 1. The Morgan fingerprint density at radius 3 is 2.41 bits per heavy atom. The van der Waals surface area contributed by atoms with Crippen LogP contribution in [0.5, 0.6) is 11.6 Å². The number of nitrogens with one attached hydrogen (secondary N) is 2. The van der Waals surface area contributed by atoms with Crippen molar-refractivity contribution in [3.8, 4) is 11.6 Å². The monoisotopic (exact) mass is 461 g/mol. The van der Waals surface area contributed by atoms with Crippen molar-refractivity contribution in [1.82, 2.24) is 15.6 Å². The average Bonchev–Trinajstić information content (AvgIpc) is 2.88. The molecule has 1 heterocycles. The van der Waals surface area contributed by atoms with Crippen LogP contribution in [-0.2, 0) is 24.2 Å². The number of Topliss-reactive ketones (excluding diaryl/α,β-unsaturated/α-hetero) is 1. The molecular formula is C27H31N3O4. The summed E-state index contributed by atoms with van der Waals surface area (Å²) in [4.78, 5) is 30.5. The van der Waals surface area contributed by atoms with Crippen molar-refractivity contribution in [2.75, 3.05) is 20.8 Å². The summed E-state index contributed by atoms with van der Waals surface area (Å²) in [6.07, 6.45) is 1.06. The molecule has 0 unspecified atom stereocenters. The van der Waals surface area contributed by atoms with E-state index in [1.807, 2.05) is 61.5 Å². The fourth-order valence-electron chi connectivity index (χ4n) is 3.55. The van der Waals surface area contributed by atoms with Gasteiger partial charge in [-0.1, -0.05) is 49.4 Å². The summed E-state index contributed by atoms with van der Waals surface area (Å²) in [5, 5.41) is 6.10. The second kappa shape index (κ2) is 12.5. The number of ether oxygens (including phenoxy) is 2. The molecular weight excluding hydrogens is 430 g/mol. The molecule has 0 aliphatic rings. The van der Waals surface area contributed by atoms with Crippen molar-refractivity contribution in [3.05, 3.63) is 89.1 Å². The van der Waals surface area contributed by atoms with Crippen LogP contribution in [0.3, 0.4) is 0 Å². The van der Waals surface area contributed by atoms with Crippen molar-refractivity contribution in [3.63, 3.8) is 0 Å². The van der Waals surface area contributed by atoms with Gasteiger partial charge >= 0.3 is 0 Å². The van der Waals surface area contributed by atoms with Crippen molar-refractivity contribution in [2.24, 2.45) is 0 Å². The summed E-state index contributed by atoms with van der Waals surface area (Å²) >= 11 is 0. The maximum absolute atomic E-state index is 13.1. The molecule has 0 radical (unpaired) electrons. The highest BCUT2D eigenvalue weighted by molar-refractivity contribution is 5.98. The third-order valence-electron chi connectivity index (χ3n) is 5.43. The molecule has 0 saturated carbocycles. The van der Waals surface area contributed by atoms with Gasteiger partial charge in [0, 0.05) is 23.9 Å². The normalized spacial score (nSPS) is 11.5. The van der Waals surface area contributed by atoms with E-state index >= 15 is 0 Å². The minimum atomic E-state index is -0.683. The Balaban J connectivity index is 1.71. The molecule has 3 rings (SSSR count). The maximum Gasteiger partial charge on any atom is 0.252 e. The molecule has 1 atom stereocenters. The van der Waals surface area contributed by atoms with Gasteiger partial charge in [-0.2, -0.15) is 0 Å². The topological polar surface area (TPSA) is 89.6 Å². The summed E-state index contributed by atoms with van der Waals surface area (Å²) in [5.74, 6) is 0.698. The van der Waals surface area contributed by atoms with Crippen LogP contribution < -0.4 is 20.1 Å². The molecule has 0 spiro atoms. The summed E-state index contributed by atoms with van der Waals surface area (Å²) in [5.41, 5.74) is 3.14. The largest absolute Gasteiger partial charge is 0.497 e. The zero-order valence-corrected chi connectivity index (χ0v) is 19.8. The van der Waals surface area contributed by atoms with Gasteiger partial charge in [0.25, 0.3) is 5.91 Å². The van der Waals surface area contributed by atoms with Crippen molar-refractivity contribution >= 4 is 11.7 Å². The van der Waals surface area contributed by atoms with Gasteiger partial charge in [0.2, 0.25) is 5.88 Å². The Morgan fingerprint density at radius 2 is 1.71 bits per heavy atom. The summed E-state index contributed by atoms with van der Waals surface area (Å²) < 4.78 is 10.5. The number of methoxy groups -OCH3 is 2. The lowest BCUT2D eigenvalue weighted by molar-refractivity contribution is -0.120. The average molecular weight is 462 g/mol. The fourth-order valence-corrected chi connectivity index (χ4v) is 3.55. The Labute approximate surface area is 200 Å². The van der Waals surface area contributed by atoms with Crippen LogP contribution >= 0.6 is 0 Å². The zero-order valence-electron chi connectivity index (χ0n) is 19.8. The number of amides is 1. The molecule has 0 aliphatic heterocycles. The van der Waals surface area contributed by atoms with Crippen LogP contribution in [0.15, 0.2) is 66.7 Å². The first-order valence-electron chi connectivity index (χ1n) is 11.3. The molecule has 0 bridgehead atoms. The SMILES string of the molecule is CCc1cc(C(=O)N[C@@H](Cc2ccccc2)C(=O)CNCc2cccc(OC)c2)cc(OC)n1. The highest BCUT2D eigenvalue weighted by atomic mass is 16.5. The van der Waals surface area contributed by atoms with Crippen molar-refractivity contribution in [1.29, 1.82) is 0 Å². The Bertz CT molecular complexity index is 1080. The van der Waals surface area contributed by atoms with E-state index in [1.165, 1.54) is 7.11 Å². The lowest BCUT2D eigenvalue weighted by atomic mass is 10.0. The number of hydrogen-bond donors (Lipinski definition) is 2. The van der Waals surface area contributed by atoms with Gasteiger partial charge in [0.1, 0.15) is 5.75 Å². The fraction of sp³-hybridized carbons (Fsp3) is 0.296. The molecule has 3 aromatic rings. The lowest BCUT2D eigenvalue weighted by Gasteiger charge is -2.19. The number of aromatic nitrogens is 1. The van der Waals surface area contributed by atoms with E-state index in [-0.39, 0.29) is 18.2 Å². The van der Waals surface area contributed by atoms with Crippen LogP contribution in [0, 0.1) is 0 Å². The second-order valence-corrected chi connectivity index (χ2v) is 7.88. The molecule has 1 amide bonds. The summed E-state index contributed by atoms with van der Waals surface area (Å²) in [7, 11) is 3.13. The molecule has 0 aliphatic carbocycles. The highest BCUT2D eigenvalue weighted by Gasteiger charge is 2.22. The molecule has 1 aromatic heterocycles. The van der Waals surface area contributed by atoms with Gasteiger partial charge < -0.3 is 20.1 Å². The molecule has 7 nitrogen and oxygen atoms in total. The molecule has 34 heavy (non-hydrogen) atoms. The third kappa shape index (κ3) is 7.15. The predicted octanol–water partition coefficient (Wildman–Crippen LogP) is 3.36. The van der Waals surface area contributed by atoms with E-state index in [0.717, 1.165) is 22.6 Å². The molecule has 2 aromatic carbocycles. The number of aryl methyl sites for hydroxylation is 1. The van der Waals surface area contributed by atoms with Crippen LogP contribution in [0.1, 0.15) is 34.1 Å². The number of carbonyl (C=O) groups is 2. The van der Waals surface area contributed by atoms with Crippen LogP contribution in [0.25, 0.3) is 0 Å². The van der Waals surface area contributed by atoms with Gasteiger partial charge in [0.05, 0.1) is 26.8 Å². The predicted molar refractivity (Wildman–Crippen MR) is 131 cm³/mol.